The first kappa shape index (κ1) is 28.8. The molecule has 0 saturated heterocycles. The molecule has 230 valence electrons. The van der Waals surface area contributed by atoms with Crippen molar-refractivity contribution in [3.8, 4) is 51.8 Å². The molecule has 0 aliphatic carbocycles. The lowest BCUT2D eigenvalue weighted by atomic mass is 9.90. The van der Waals surface area contributed by atoms with Crippen molar-refractivity contribution in [2.24, 2.45) is 0 Å². The zero-order chi connectivity index (χ0) is 33.8. The predicted molar refractivity (Wildman–Crippen MR) is 200 cm³/mol. The number of hydrogen-bond donors (Lipinski definition) is 0. The first-order valence-corrected chi connectivity index (χ1v) is 16.3. The molecule has 2 aromatic heterocycles. The number of para-hydroxylation sites is 4. The average Bonchev–Trinajstić information content (AvgIpc) is 3.70. The molecule has 5 heteroatoms. The summed E-state index contributed by atoms with van der Waals surface area (Å²) < 4.78 is 4.33. The molecule has 0 fully saturated rings. The third kappa shape index (κ3) is 4.17. The van der Waals surface area contributed by atoms with Crippen LogP contribution in [0.4, 0.5) is 0 Å². The zero-order valence-corrected chi connectivity index (χ0v) is 26.7. The van der Waals surface area contributed by atoms with Crippen LogP contribution < -0.4 is 0 Å². The summed E-state index contributed by atoms with van der Waals surface area (Å²) >= 11 is 0. The molecule has 0 amide bonds. The van der Waals surface area contributed by atoms with E-state index in [1.54, 1.807) is 0 Å². The Bertz CT molecular complexity index is 2970. The van der Waals surface area contributed by atoms with Crippen molar-refractivity contribution in [1.82, 2.24) is 9.13 Å². The highest BCUT2D eigenvalue weighted by molar-refractivity contribution is 6.12. The van der Waals surface area contributed by atoms with E-state index < -0.39 is 0 Å². The molecule has 0 saturated carbocycles. The summed E-state index contributed by atoms with van der Waals surface area (Å²) in [7, 11) is 0. The minimum Gasteiger partial charge on any atom is -0.309 e. The molecule has 0 unspecified atom stereocenters. The van der Waals surface area contributed by atoms with Gasteiger partial charge in [0.25, 0.3) is 0 Å². The zero-order valence-electron chi connectivity index (χ0n) is 26.7. The van der Waals surface area contributed by atoms with E-state index in [2.05, 4.69) is 69.8 Å². The van der Waals surface area contributed by atoms with Crippen LogP contribution in [0.1, 0.15) is 16.7 Å². The maximum Gasteiger partial charge on any atom is 0.102 e. The van der Waals surface area contributed by atoms with Crippen LogP contribution in [-0.4, -0.2) is 9.13 Å². The Balaban J connectivity index is 1.31. The largest absolute Gasteiger partial charge is 0.309 e. The quantitative estimate of drug-likeness (QED) is 0.193. The molecule has 0 aliphatic rings. The summed E-state index contributed by atoms with van der Waals surface area (Å²) in [5.41, 5.74) is 10.9. The monoisotopic (exact) mass is 635 g/mol. The second kappa shape index (κ2) is 11.4. The fourth-order valence-corrected chi connectivity index (χ4v) is 7.58. The summed E-state index contributed by atoms with van der Waals surface area (Å²) in [6.07, 6.45) is 0. The molecular formula is C45H25N5. The molecule has 2 heterocycles. The molecule has 0 atom stereocenters. The molecule has 0 aliphatic heterocycles. The molecule has 7 aromatic carbocycles. The highest BCUT2D eigenvalue weighted by Crippen LogP contribution is 2.42. The van der Waals surface area contributed by atoms with Gasteiger partial charge in [-0.05, 0) is 59.7 Å². The van der Waals surface area contributed by atoms with E-state index in [9.17, 15) is 15.8 Å². The number of nitrogens with zero attached hydrogens (tertiary/aromatic N) is 5. The van der Waals surface area contributed by atoms with E-state index in [-0.39, 0.29) is 0 Å². The first-order valence-electron chi connectivity index (χ1n) is 16.3. The Kier molecular flexibility index (Phi) is 6.56. The minimum atomic E-state index is 0.522. The Labute approximate surface area is 287 Å². The van der Waals surface area contributed by atoms with Crippen molar-refractivity contribution >= 4 is 43.6 Å². The normalized spacial score (nSPS) is 11.1. The van der Waals surface area contributed by atoms with Crippen LogP contribution in [0.15, 0.2) is 152 Å². The smallest absolute Gasteiger partial charge is 0.102 e. The summed E-state index contributed by atoms with van der Waals surface area (Å²) in [6.45, 7) is 0. The van der Waals surface area contributed by atoms with Gasteiger partial charge < -0.3 is 9.13 Å². The first-order chi connectivity index (χ1) is 24.7. The van der Waals surface area contributed by atoms with Crippen LogP contribution in [-0.2, 0) is 0 Å². The lowest BCUT2D eigenvalue weighted by Gasteiger charge is -2.19. The number of fused-ring (bicyclic) bond motifs is 6. The lowest BCUT2D eigenvalue weighted by Crippen LogP contribution is -2.02. The Morgan fingerprint density at radius 3 is 1.68 bits per heavy atom. The van der Waals surface area contributed by atoms with Crippen LogP contribution in [0, 0.1) is 34.0 Å². The number of rotatable bonds is 4. The molecule has 5 nitrogen and oxygen atoms in total. The van der Waals surface area contributed by atoms with Gasteiger partial charge in [0.15, 0.2) is 0 Å². The Hall–Kier alpha value is -7.39. The third-order valence-corrected chi connectivity index (χ3v) is 9.66. The van der Waals surface area contributed by atoms with Crippen molar-refractivity contribution in [3.63, 3.8) is 0 Å². The second-order valence-corrected chi connectivity index (χ2v) is 12.2. The van der Waals surface area contributed by atoms with E-state index in [1.807, 2.05) is 109 Å². The lowest BCUT2D eigenvalue weighted by molar-refractivity contribution is 1.16. The molecule has 0 bridgehead atoms. The van der Waals surface area contributed by atoms with E-state index in [4.69, 9.17) is 0 Å². The van der Waals surface area contributed by atoms with Gasteiger partial charge in [-0.15, -0.1) is 0 Å². The van der Waals surface area contributed by atoms with Gasteiger partial charge in [0.1, 0.15) is 12.1 Å². The van der Waals surface area contributed by atoms with Crippen LogP contribution in [0.5, 0.6) is 0 Å². The van der Waals surface area contributed by atoms with E-state index in [1.165, 1.54) is 0 Å². The fourth-order valence-electron chi connectivity index (χ4n) is 7.58. The summed E-state index contributed by atoms with van der Waals surface area (Å²) in [5.74, 6) is 0. The number of aromatic nitrogens is 2. The van der Waals surface area contributed by atoms with Crippen LogP contribution in [0.3, 0.4) is 0 Å². The molecular weight excluding hydrogens is 611 g/mol. The maximum atomic E-state index is 10.9. The molecule has 0 N–H and O–H groups in total. The van der Waals surface area contributed by atoms with Gasteiger partial charge >= 0.3 is 0 Å². The summed E-state index contributed by atoms with van der Waals surface area (Å²) in [4.78, 5) is 0. The highest BCUT2D eigenvalue weighted by atomic mass is 15.0. The van der Waals surface area contributed by atoms with Crippen molar-refractivity contribution in [3.05, 3.63) is 168 Å². The number of benzene rings is 7. The average molecular weight is 636 g/mol. The standard InChI is InChI=1S/C45H25N5/c46-26-29-23-24-44-38(25-29)36-16-5-7-20-41(36)49(44)40-19-6-3-14-34(40)32-13-2-1-12-31(32)33-17-10-22-43(39(33)28-48)50-42-21-8-4-15-35(42)37-18-9-11-30(27-47)45(37)50/h1-25H. The fraction of sp³-hybridized carbons (Fsp3) is 0. The van der Waals surface area contributed by atoms with E-state index >= 15 is 0 Å². The van der Waals surface area contributed by atoms with Crippen LogP contribution >= 0.6 is 0 Å². The molecule has 50 heavy (non-hydrogen) atoms. The van der Waals surface area contributed by atoms with Gasteiger partial charge in [0.2, 0.25) is 0 Å². The predicted octanol–water partition coefficient (Wildman–Crippen LogP) is 10.8. The molecule has 0 spiro atoms. The SMILES string of the molecule is N#Cc1ccc2c(c1)c1ccccc1n2-c1ccccc1-c1ccccc1-c1cccc(-n2c3ccccc3c3cccc(C#N)c32)c1C#N. The highest BCUT2D eigenvalue weighted by Gasteiger charge is 2.22. The van der Waals surface area contributed by atoms with Gasteiger partial charge in [0.05, 0.1) is 56.2 Å². The molecule has 9 rings (SSSR count). The Morgan fingerprint density at radius 2 is 0.940 bits per heavy atom. The van der Waals surface area contributed by atoms with E-state index in [0.29, 0.717) is 16.7 Å². The number of nitriles is 3. The van der Waals surface area contributed by atoms with Crippen LogP contribution in [0.25, 0.3) is 77.2 Å². The van der Waals surface area contributed by atoms with Gasteiger partial charge in [0, 0.05) is 32.7 Å². The maximum absolute atomic E-state index is 10.9. The van der Waals surface area contributed by atoms with Crippen molar-refractivity contribution in [2.75, 3.05) is 0 Å². The van der Waals surface area contributed by atoms with Gasteiger partial charge in [-0.1, -0.05) is 103 Å². The molecule has 9 aromatic rings. The van der Waals surface area contributed by atoms with Crippen LogP contribution in [0.2, 0.25) is 0 Å². The summed E-state index contributed by atoms with van der Waals surface area (Å²) in [6, 6.07) is 57.8. The summed E-state index contributed by atoms with van der Waals surface area (Å²) in [5, 5.41) is 34.9. The molecule has 0 radical (unpaired) electrons. The van der Waals surface area contributed by atoms with Gasteiger partial charge in [-0.2, -0.15) is 15.8 Å². The van der Waals surface area contributed by atoms with Crippen molar-refractivity contribution < 1.29 is 0 Å². The van der Waals surface area contributed by atoms with Crippen molar-refractivity contribution in [2.45, 2.75) is 0 Å². The van der Waals surface area contributed by atoms with Crippen molar-refractivity contribution in [1.29, 1.82) is 15.8 Å². The third-order valence-electron chi connectivity index (χ3n) is 9.66. The Morgan fingerprint density at radius 1 is 0.380 bits per heavy atom. The van der Waals surface area contributed by atoms with Gasteiger partial charge in [-0.25, -0.2) is 0 Å². The van der Waals surface area contributed by atoms with Gasteiger partial charge in [-0.3, -0.25) is 0 Å². The number of hydrogen-bond acceptors (Lipinski definition) is 3. The minimum absolute atomic E-state index is 0.522. The second-order valence-electron chi connectivity index (χ2n) is 12.2. The van der Waals surface area contributed by atoms with E-state index in [0.717, 1.165) is 77.2 Å². The topological polar surface area (TPSA) is 81.2 Å².